The fraction of sp³-hybridized carbons (Fsp3) is 0.214. The minimum atomic E-state index is -1.04. The van der Waals surface area contributed by atoms with Gasteiger partial charge in [-0.25, -0.2) is 14.4 Å². The van der Waals surface area contributed by atoms with Crippen molar-refractivity contribution in [2.24, 2.45) is 0 Å². The Bertz CT molecular complexity index is 531. The van der Waals surface area contributed by atoms with Gasteiger partial charge in [0.15, 0.2) is 0 Å². The van der Waals surface area contributed by atoms with Crippen molar-refractivity contribution >= 4 is 17.9 Å². The lowest BCUT2D eigenvalue weighted by Crippen LogP contribution is -2.07. The molecule has 0 aromatic heterocycles. The summed E-state index contributed by atoms with van der Waals surface area (Å²) in [5, 5.41) is 17.2. The molecule has 0 heterocycles. The van der Waals surface area contributed by atoms with E-state index in [4.69, 9.17) is 14.9 Å². The van der Waals surface area contributed by atoms with E-state index < -0.39 is 17.9 Å². The van der Waals surface area contributed by atoms with Crippen molar-refractivity contribution in [3.05, 3.63) is 47.5 Å². The Balaban J connectivity index is 2.40. The Morgan fingerprint density at radius 1 is 1.00 bits per heavy atom. The van der Waals surface area contributed by atoms with E-state index in [-0.39, 0.29) is 25.4 Å². The van der Waals surface area contributed by atoms with Gasteiger partial charge in [-0.05, 0) is 17.7 Å². The molecule has 0 radical (unpaired) electrons. The highest BCUT2D eigenvalue weighted by Gasteiger charge is 2.04. The molecule has 21 heavy (non-hydrogen) atoms. The molecular weight excluding hydrogens is 280 g/mol. The van der Waals surface area contributed by atoms with Crippen molar-refractivity contribution in [3.63, 3.8) is 0 Å². The van der Waals surface area contributed by atoms with E-state index in [1.807, 2.05) is 0 Å². The topological polar surface area (TPSA) is 110 Å². The Labute approximate surface area is 120 Å². The molecule has 0 spiro atoms. The van der Waals surface area contributed by atoms with Crippen LogP contribution in [0.15, 0.2) is 36.4 Å². The van der Waals surface area contributed by atoms with Gasteiger partial charge in [-0.3, -0.25) is 0 Å². The number of carboxylic acid groups (broad SMARTS) is 1. The molecule has 1 aromatic carbocycles. The second-order valence-electron chi connectivity index (χ2n) is 3.83. The first kappa shape index (κ1) is 16.4. The molecule has 1 rings (SSSR count). The molecule has 0 aliphatic carbocycles. The van der Waals surface area contributed by atoms with E-state index >= 15 is 0 Å². The van der Waals surface area contributed by atoms with E-state index in [0.29, 0.717) is 5.56 Å². The van der Waals surface area contributed by atoms with Gasteiger partial charge in [-0.1, -0.05) is 12.1 Å². The molecule has 0 atom stereocenters. The molecule has 0 bridgehead atoms. The maximum Gasteiger partial charge on any atom is 0.335 e. The van der Waals surface area contributed by atoms with Crippen LogP contribution in [0.5, 0.6) is 0 Å². The number of ether oxygens (including phenoxy) is 2. The van der Waals surface area contributed by atoms with Crippen molar-refractivity contribution in [2.75, 3.05) is 13.2 Å². The van der Waals surface area contributed by atoms with Crippen molar-refractivity contribution in [3.8, 4) is 0 Å². The summed E-state index contributed by atoms with van der Waals surface area (Å²) < 4.78 is 9.35. The summed E-state index contributed by atoms with van der Waals surface area (Å²) in [5.41, 5.74) is 0.751. The molecule has 0 saturated heterocycles. The van der Waals surface area contributed by atoms with Gasteiger partial charge in [0, 0.05) is 12.2 Å². The summed E-state index contributed by atoms with van der Waals surface area (Å²) in [5.74, 6) is -2.53. The number of hydrogen-bond acceptors (Lipinski definition) is 6. The largest absolute Gasteiger partial charge is 0.478 e. The van der Waals surface area contributed by atoms with E-state index in [2.05, 4.69) is 4.74 Å². The van der Waals surface area contributed by atoms with Crippen molar-refractivity contribution < 1.29 is 34.1 Å². The van der Waals surface area contributed by atoms with Gasteiger partial charge in [0.05, 0.1) is 12.2 Å². The number of benzene rings is 1. The standard InChI is InChI=1S/C14H14O7/c15-7-8-20-12(16)5-6-13(17)21-9-10-1-3-11(4-2-10)14(18)19/h1-6,15H,7-9H2,(H,18,19). The third-order valence-electron chi connectivity index (χ3n) is 2.27. The molecule has 0 aliphatic rings. The van der Waals surface area contributed by atoms with Crippen molar-refractivity contribution in [1.29, 1.82) is 0 Å². The third kappa shape index (κ3) is 6.35. The van der Waals surface area contributed by atoms with Crippen LogP contribution in [0.25, 0.3) is 0 Å². The number of hydrogen-bond donors (Lipinski definition) is 2. The Hall–Kier alpha value is -2.67. The van der Waals surface area contributed by atoms with E-state index in [0.717, 1.165) is 12.2 Å². The third-order valence-corrected chi connectivity index (χ3v) is 2.27. The normalized spacial score (nSPS) is 10.3. The zero-order valence-electron chi connectivity index (χ0n) is 11.0. The Morgan fingerprint density at radius 3 is 2.10 bits per heavy atom. The number of aliphatic hydroxyl groups is 1. The molecule has 112 valence electrons. The summed E-state index contributed by atoms with van der Waals surface area (Å²) >= 11 is 0. The van der Waals surface area contributed by atoms with Crippen LogP contribution in [0.1, 0.15) is 15.9 Å². The zero-order chi connectivity index (χ0) is 15.7. The highest BCUT2D eigenvalue weighted by Crippen LogP contribution is 2.06. The minimum absolute atomic E-state index is 0.0469. The van der Waals surface area contributed by atoms with Gasteiger partial charge >= 0.3 is 17.9 Å². The number of carbonyl (C=O) groups is 3. The fourth-order valence-electron chi connectivity index (χ4n) is 1.28. The minimum Gasteiger partial charge on any atom is -0.478 e. The van der Waals surface area contributed by atoms with Crippen LogP contribution in [0.3, 0.4) is 0 Å². The van der Waals surface area contributed by atoms with Gasteiger partial charge in [-0.2, -0.15) is 0 Å². The van der Waals surface area contributed by atoms with E-state index in [9.17, 15) is 14.4 Å². The van der Waals surface area contributed by atoms with Crippen LogP contribution in [0.2, 0.25) is 0 Å². The summed E-state index contributed by atoms with van der Waals surface area (Å²) in [6, 6.07) is 5.84. The first-order valence-corrected chi connectivity index (χ1v) is 5.97. The van der Waals surface area contributed by atoms with Crippen LogP contribution < -0.4 is 0 Å². The molecule has 0 fully saturated rings. The second kappa shape index (κ2) is 8.49. The maximum absolute atomic E-state index is 11.3. The van der Waals surface area contributed by atoms with Gasteiger partial charge in [0.2, 0.25) is 0 Å². The summed E-state index contributed by atoms with van der Waals surface area (Å²) in [7, 11) is 0. The molecule has 7 nitrogen and oxygen atoms in total. The average molecular weight is 294 g/mol. The molecule has 7 heteroatoms. The number of carboxylic acids is 1. The molecular formula is C14H14O7. The number of carbonyl (C=O) groups excluding carboxylic acids is 2. The monoisotopic (exact) mass is 294 g/mol. The fourth-order valence-corrected chi connectivity index (χ4v) is 1.28. The number of esters is 2. The first-order valence-electron chi connectivity index (χ1n) is 5.97. The van der Waals surface area contributed by atoms with Crippen LogP contribution in [-0.4, -0.2) is 41.3 Å². The quantitative estimate of drug-likeness (QED) is 0.557. The molecule has 0 amide bonds. The van der Waals surface area contributed by atoms with Gasteiger partial charge in [0.25, 0.3) is 0 Å². The van der Waals surface area contributed by atoms with Gasteiger partial charge in [0.1, 0.15) is 13.2 Å². The lowest BCUT2D eigenvalue weighted by atomic mass is 10.1. The number of aromatic carboxylic acids is 1. The lowest BCUT2D eigenvalue weighted by molar-refractivity contribution is -0.141. The summed E-state index contributed by atoms with van der Waals surface area (Å²) in [6.45, 7) is -0.487. The SMILES string of the molecule is O=C(C=CC(=O)OCc1ccc(C(=O)O)cc1)OCCO. The number of aliphatic hydroxyl groups excluding tert-OH is 1. The maximum atomic E-state index is 11.3. The summed E-state index contributed by atoms with van der Waals surface area (Å²) in [4.78, 5) is 33.0. The molecule has 0 aliphatic heterocycles. The van der Waals surface area contributed by atoms with Crippen molar-refractivity contribution in [1.82, 2.24) is 0 Å². The molecule has 0 unspecified atom stereocenters. The summed E-state index contributed by atoms with van der Waals surface area (Å²) in [6.07, 6.45) is 1.80. The predicted molar refractivity (Wildman–Crippen MR) is 70.4 cm³/mol. The highest BCUT2D eigenvalue weighted by atomic mass is 16.5. The van der Waals surface area contributed by atoms with Crippen LogP contribution in [-0.2, 0) is 25.7 Å². The van der Waals surface area contributed by atoms with Crippen LogP contribution in [0.4, 0.5) is 0 Å². The lowest BCUT2D eigenvalue weighted by Gasteiger charge is -2.03. The Kier molecular flexibility index (Phi) is 6.62. The molecule has 0 saturated carbocycles. The van der Waals surface area contributed by atoms with E-state index in [1.54, 1.807) is 0 Å². The highest BCUT2D eigenvalue weighted by molar-refractivity contribution is 5.91. The van der Waals surface area contributed by atoms with Gasteiger partial charge < -0.3 is 19.7 Å². The first-order chi connectivity index (χ1) is 10.0. The number of rotatable bonds is 7. The van der Waals surface area contributed by atoms with Crippen LogP contribution in [0, 0.1) is 0 Å². The average Bonchev–Trinajstić information content (AvgIpc) is 2.49. The second-order valence-corrected chi connectivity index (χ2v) is 3.83. The predicted octanol–water partition coefficient (Wildman–Crippen LogP) is 0.520. The molecule has 2 N–H and O–H groups in total. The van der Waals surface area contributed by atoms with Gasteiger partial charge in [-0.15, -0.1) is 0 Å². The smallest absolute Gasteiger partial charge is 0.335 e. The molecule has 1 aromatic rings. The van der Waals surface area contributed by atoms with Crippen molar-refractivity contribution in [2.45, 2.75) is 6.61 Å². The Morgan fingerprint density at radius 2 is 1.57 bits per heavy atom. The van der Waals surface area contributed by atoms with Crippen LogP contribution >= 0.6 is 0 Å². The zero-order valence-corrected chi connectivity index (χ0v) is 11.0. The van der Waals surface area contributed by atoms with E-state index in [1.165, 1.54) is 24.3 Å².